The van der Waals surface area contributed by atoms with Gasteiger partial charge in [-0.2, -0.15) is 0 Å². The summed E-state index contributed by atoms with van der Waals surface area (Å²) in [6.07, 6.45) is 2.23. The van der Waals surface area contributed by atoms with Gasteiger partial charge in [-0.15, -0.1) is 11.6 Å². The summed E-state index contributed by atoms with van der Waals surface area (Å²) in [5.74, 6) is 0.0414. The first-order valence-corrected chi connectivity index (χ1v) is 13.2. The molecule has 0 saturated carbocycles. The number of amides is 2. The highest BCUT2D eigenvalue weighted by molar-refractivity contribution is 6.33. The number of hydrogen-bond donors (Lipinski definition) is 3. The van der Waals surface area contributed by atoms with Crippen LogP contribution >= 0.6 is 23.2 Å². The van der Waals surface area contributed by atoms with Crippen LogP contribution in [0.2, 0.25) is 5.02 Å². The maximum Gasteiger partial charge on any atom is 0.312 e. The third kappa shape index (κ3) is 7.18. The third-order valence-electron chi connectivity index (χ3n) is 6.12. The molecule has 1 atom stereocenters. The molecule has 13 heteroatoms. The summed E-state index contributed by atoms with van der Waals surface area (Å²) in [4.78, 5) is 34.8. The zero-order valence-electron chi connectivity index (χ0n) is 20.5. The molecule has 2 aliphatic rings. The van der Waals surface area contributed by atoms with Gasteiger partial charge >= 0.3 is 5.69 Å². The van der Waals surface area contributed by atoms with Crippen molar-refractivity contribution in [2.24, 2.45) is 0 Å². The number of ether oxygens (including phenoxy) is 3. The molecule has 0 spiro atoms. The SMILES string of the molecule is O=C(CCl)NCCCCC1Oc2cc(Nc3cc(OC4CCOCC4)c([N+](=O)[O-])cc3Cl)ccc2NC1=O. The monoisotopic (exact) mass is 566 g/mol. The van der Waals surface area contributed by atoms with Crippen LogP contribution in [-0.4, -0.2) is 54.6 Å². The van der Waals surface area contributed by atoms with Crippen LogP contribution in [0.5, 0.6) is 11.5 Å². The summed E-state index contributed by atoms with van der Waals surface area (Å²) in [5.41, 5.74) is 1.35. The maximum atomic E-state index is 12.5. The van der Waals surface area contributed by atoms with E-state index >= 15 is 0 Å². The molecule has 2 amide bonds. The van der Waals surface area contributed by atoms with Crippen molar-refractivity contribution in [3.8, 4) is 11.5 Å². The Hall–Kier alpha value is -3.28. The summed E-state index contributed by atoms with van der Waals surface area (Å²) in [6.45, 7) is 1.55. The molecule has 2 aliphatic heterocycles. The number of alkyl halides is 1. The first-order chi connectivity index (χ1) is 18.3. The van der Waals surface area contributed by atoms with E-state index in [0.717, 1.165) is 0 Å². The maximum absolute atomic E-state index is 12.5. The second-order valence-corrected chi connectivity index (χ2v) is 9.57. The van der Waals surface area contributed by atoms with E-state index in [9.17, 15) is 19.7 Å². The van der Waals surface area contributed by atoms with Gasteiger partial charge in [0.15, 0.2) is 11.9 Å². The fourth-order valence-corrected chi connectivity index (χ4v) is 4.44. The number of nitro groups is 1. The van der Waals surface area contributed by atoms with Crippen LogP contribution in [-0.2, 0) is 14.3 Å². The molecule has 3 N–H and O–H groups in total. The lowest BCUT2D eigenvalue weighted by atomic mass is 10.1. The van der Waals surface area contributed by atoms with Crippen molar-refractivity contribution in [1.29, 1.82) is 0 Å². The molecular weight excluding hydrogens is 539 g/mol. The molecule has 11 nitrogen and oxygen atoms in total. The van der Waals surface area contributed by atoms with Gasteiger partial charge in [-0.3, -0.25) is 19.7 Å². The number of rotatable bonds is 11. The molecular formula is C25H28Cl2N4O7. The third-order valence-corrected chi connectivity index (χ3v) is 6.68. The number of unbranched alkanes of at least 4 members (excludes halogenated alkanes) is 1. The molecule has 2 aromatic carbocycles. The molecule has 1 unspecified atom stereocenters. The fraction of sp³-hybridized carbons (Fsp3) is 0.440. The van der Waals surface area contributed by atoms with Gasteiger partial charge in [-0.25, -0.2) is 0 Å². The Morgan fingerprint density at radius 2 is 2.00 bits per heavy atom. The summed E-state index contributed by atoms with van der Waals surface area (Å²) in [6, 6.07) is 7.94. The van der Waals surface area contributed by atoms with E-state index in [4.69, 9.17) is 37.4 Å². The van der Waals surface area contributed by atoms with Gasteiger partial charge < -0.3 is 30.2 Å². The highest BCUT2D eigenvalue weighted by Gasteiger charge is 2.28. The molecule has 0 radical (unpaired) electrons. The van der Waals surface area contributed by atoms with Gasteiger partial charge in [0, 0.05) is 43.3 Å². The largest absolute Gasteiger partial charge is 0.483 e. The molecule has 2 heterocycles. The van der Waals surface area contributed by atoms with Gasteiger partial charge in [0.2, 0.25) is 5.91 Å². The lowest BCUT2D eigenvalue weighted by Gasteiger charge is -2.26. The summed E-state index contributed by atoms with van der Waals surface area (Å²) >= 11 is 11.8. The van der Waals surface area contributed by atoms with Gasteiger partial charge in [-0.1, -0.05) is 11.6 Å². The molecule has 2 aromatic rings. The number of hydrogen-bond acceptors (Lipinski definition) is 8. The van der Waals surface area contributed by atoms with Crippen molar-refractivity contribution in [2.75, 3.05) is 36.3 Å². The zero-order chi connectivity index (χ0) is 27.1. The van der Waals surface area contributed by atoms with Gasteiger partial charge in [0.1, 0.15) is 17.7 Å². The van der Waals surface area contributed by atoms with E-state index < -0.39 is 11.0 Å². The molecule has 0 aromatic heterocycles. The Kier molecular flexibility index (Phi) is 9.48. The Balaban J connectivity index is 1.44. The number of carbonyl (C=O) groups excluding carboxylic acids is 2. The summed E-state index contributed by atoms with van der Waals surface area (Å²) in [7, 11) is 0. The van der Waals surface area contributed by atoms with Crippen LogP contribution in [0.1, 0.15) is 32.1 Å². The van der Waals surface area contributed by atoms with Crippen molar-refractivity contribution >= 4 is 57.8 Å². The van der Waals surface area contributed by atoms with E-state index in [0.29, 0.717) is 74.7 Å². The van der Waals surface area contributed by atoms with Crippen molar-refractivity contribution in [3.63, 3.8) is 0 Å². The Morgan fingerprint density at radius 1 is 1.21 bits per heavy atom. The number of anilines is 3. The second kappa shape index (κ2) is 13.0. The predicted octanol–water partition coefficient (Wildman–Crippen LogP) is 4.77. The minimum atomic E-state index is -0.677. The summed E-state index contributed by atoms with van der Waals surface area (Å²) in [5, 5.41) is 20.5. The Labute approximate surface area is 229 Å². The summed E-state index contributed by atoms with van der Waals surface area (Å²) < 4.78 is 17.2. The van der Waals surface area contributed by atoms with Crippen molar-refractivity contribution in [1.82, 2.24) is 5.32 Å². The van der Waals surface area contributed by atoms with E-state index in [1.54, 1.807) is 18.2 Å². The first-order valence-electron chi connectivity index (χ1n) is 12.3. The smallest absolute Gasteiger partial charge is 0.312 e. The van der Waals surface area contributed by atoms with Crippen LogP contribution < -0.4 is 25.4 Å². The number of benzene rings is 2. The van der Waals surface area contributed by atoms with Crippen LogP contribution in [0.25, 0.3) is 0 Å². The van der Waals surface area contributed by atoms with Gasteiger partial charge in [-0.05, 0) is 31.4 Å². The van der Waals surface area contributed by atoms with Crippen molar-refractivity contribution in [2.45, 2.75) is 44.3 Å². The minimum absolute atomic E-state index is 0.0866. The predicted molar refractivity (Wildman–Crippen MR) is 143 cm³/mol. The van der Waals surface area contributed by atoms with Crippen molar-refractivity contribution in [3.05, 3.63) is 45.5 Å². The zero-order valence-corrected chi connectivity index (χ0v) is 22.0. The lowest BCUT2D eigenvalue weighted by Crippen LogP contribution is -2.37. The number of carbonyl (C=O) groups is 2. The molecule has 4 rings (SSSR count). The second-order valence-electron chi connectivity index (χ2n) is 8.90. The number of halogens is 2. The molecule has 38 heavy (non-hydrogen) atoms. The standard InChI is InChI=1S/C25H28Cl2N4O7/c26-14-24(32)28-8-2-1-3-21-25(33)30-18-5-4-15(11-22(18)38-21)29-19-13-23(20(31(34)35)12-17(19)27)37-16-6-9-36-10-7-16/h4-5,11-13,16,21,29H,1-3,6-10,14H2,(H,28,32)(H,30,33). The lowest BCUT2D eigenvalue weighted by molar-refractivity contribution is -0.386. The molecule has 1 saturated heterocycles. The highest BCUT2D eigenvalue weighted by atomic mass is 35.5. The van der Waals surface area contributed by atoms with Gasteiger partial charge in [0.25, 0.3) is 5.91 Å². The molecule has 0 bridgehead atoms. The quantitative estimate of drug-likeness (QED) is 0.153. The number of nitro benzene ring substituents is 1. The van der Waals surface area contributed by atoms with E-state index in [1.165, 1.54) is 12.1 Å². The van der Waals surface area contributed by atoms with Crippen LogP contribution in [0.15, 0.2) is 30.3 Å². The topological polar surface area (TPSA) is 141 Å². The number of nitrogens with zero attached hydrogens (tertiary/aromatic N) is 1. The number of fused-ring (bicyclic) bond motifs is 1. The van der Waals surface area contributed by atoms with E-state index in [-0.39, 0.29) is 40.3 Å². The molecule has 0 aliphatic carbocycles. The van der Waals surface area contributed by atoms with Crippen LogP contribution in [0.3, 0.4) is 0 Å². The normalized spacial score (nSPS) is 17.1. The molecule has 1 fully saturated rings. The van der Waals surface area contributed by atoms with Crippen LogP contribution in [0.4, 0.5) is 22.7 Å². The van der Waals surface area contributed by atoms with Crippen molar-refractivity contribution < 1.29 is 28.7 Å². The number of nitrogens with one attached hydrogen (secondary N) is 3. The first kappa shape index (κ1) is 27.7. The molecule has 204 valence electrons. The average molecular weight is 567 g/mol. The van der Waals surface area contributed by atoms with E-state index in [2.05, 4.69) is 16.0 Å². The Morgan fingerprint density at radius 3 is 2.74 bits per heavy atom. The fourth-order valence-electron chi connectivity index (χ4n) is 4.15. The minimum Gasteiger partial charge on any atom is -0.483 e. The Bertz CT molecular complexity index is 1190. The van der Waals surface area contributed by atoms with Gasteiger partial charge in [0.05, 0.1) is 34.5 Å². The van der Waals surface area contributed by atoms with Crippen LogP contribution in [0, 0.1) is 10.1 Å². The van der Waals surface area contributed by atoms with E-state index in [1.807, 2.05) is 0 Å². The average Bonchev–Trinajstić information content (AvgIpc) is 2.90. The highest BCUT2D eigenvalue weighted by Crippen LogP contribution is 2.40.